The topological polar surface area (TPSA) is 43.8 Å². The number of hydrogen-bond acceptors (Lipinski definition) is 3. The molecule has 0 bridgehead atoms. The van der Waals surface area contributed by atoms with Crippen molar-refractivity contribution in [3.05, 3.63) is 71.0 Å². The molecule has 0 aromatic heterocycles. The number of carbonyl (C=O) groups excluding carboxylic acids is 1. The molecule has 31 heavy (non-hydrogen) atoms. The van der Waals surface area contributed by atoms with Crippen molar-refractivity contribution in [3.63, 3.8) is 0 Å². The van der Waals surface area contributed by atoms with Gasteiger partial charge in [-0.1, -0.05) is 44.2 Å². The lowest BCUT2D eigenvalue weighted by atomic mass is 9.96. The van der Waals surface area contributed by atoms with Crippen LogP contribution in [0.4, 0.5) is 4.39 Å². The Balaban J connectivity index is 0.00000132. The predicted octanol–water partition coefficient (Wildman–Crippen LogP) is 5.15. The molecule has 2 aromatic carbocycles. The summed E-state index contributed by atoms with van der Waals surface area (Å²) in [5.41, 5.74) is 3.85. The van der Waals surface area contributed by atoms with E-state index in [-0.39, 0.29) is 23.5 Å². The zero-order valence-electron chi connectivity index (χ0n) is 18.8. The molecule has 2 aliphatic rings. The summed E-state index contributed by atoms with van der Waals surface area (Å²) >= 11 is 0. The van der Waals surface area contributed by atoms with Gasteiger partial charge in [0, 0.05) is 26.2 Å². The van der Waals surface area contributed by atoms with E-state index in [1.165, 1.54) is 5.57 Å². The summed E-state index contributed by atoms with van der Waals surface area (Å²) in [5.74, 6) is 0.207. The summed E-state index contributed by atoms with van der Waals surface area (Å²) in [4.78, 5) is 17.2. The molecule has 2 aliphatic heterocycles. The number of piperidine rings is 1. The molecule has 1 atom stereocenters. The second-order valence-corrected chi connectivity index (χ2v) is 8.02. The van der Waals surface area contributed by atoms with Crippen molar-refractivity contribution in [2.24, 2.45) is 0 Å². The number of phenols is 1. The van der Waals surface area contributed by atoms with E-state index >= 15 is 0 Å². The van der Waals surface area contributed by atoms with Crippen LogP contribution in [-0.2, 0) is 11.3 Å². The van der Waals surface area contributed by atoms with Crippen LogP contribution in [0.1, 0.15) is 49.8 Å². The van der Waals surface area contributed by atoms with Crippen molar-refractivity contribution in [1.29, 1.82) is 0 Å². The van der Waals surface area contributed by atoms with E-state index in [0.29, 0.717) is 12.1 Å². The number of nitrogens with zero attached hydrogens (tertiary/aromatic N) is 2. The molecule has 1 amide bonds. The molecule has 0 radical (unpaired) electrons. The van der Waals surface area contributed by atoms with Crippen LogP contribution in [0.3, 0.4) is 0 Å². The number of benzene rings is 2. The van der Waals surface area contributed by atoms with Gasteiger partial charge in [0.2, 0.25) is 5.91 Å². The van der Waals surface area contributed by atoms with Crippen LogP contribution < -0.4 is 0 Å². The summed E-state index contributed by atoms with van der Waals surface area (Å²) < 4.78 is 13.9. The molecular weight excluding hydrogens is 391 g/mol. The zero-order chi connectivity index (χ0) is 22.4. The molecule has 5 heteroatoms. The summed E-state index contributed by atoms with van der Waals surface area (Å²) in [6.45, 7) is 8.54. The molecule has 1 N–H and O–H groups in total. The minimum absolute atomic E-state index is 0.100. The number of aryl methyl sites for hydroxylation is 1. The van der Waals surface area contributed by atoms with Crippen molar-refractivity contribution in [3.8, 4) is 5.75 Å². The maximum Gasteiger partial charge on any atom is 0.240 e. The summed E-state index contributed by atoms with van der Waals surface area (Å²) in [6.07, 6.45) is 4.92. The van der Waals surface area contributed by atoms with Gasteiger partial charge in [0.1, 0.15) is 11.6 Å². The third kappa shape index (κ3) is 5.53. The molecule has 0 spiro atoms. The molecule has 2 aromatic rings. The Labute approximate surface area is 185 Å². The van der Waals surface area contributed by atoms with Crippen LogP contribution in [0.15, 0.2) is 48.5 Å². The van der Waals surface area contributed by atoms with Gasteiger partial charge in [-0.2, -0.15) is 0 Å². The van der Waals surface area contributed by atoms with Crippen LogP contribution in [0.5, 0.6) is 5.75 Å². The van der Waals surface area contributed by atoms with Crippen LogP contribution >= 0.6 is 0 Å². The lowest BCUT2D eigenvalue weighted by Gasteiger charge is -2.39. The highest BCUT2D eigenvalue weighted by Gasteiger charge is 2.33. The quantitative estimate of drug-likeness (QED) is 0.739. The van der Waals surface area contributed by atoms with E-state index in [1.807, 2.05) is 36.9 Å². The second kappa shape index (κ2) is 10.6. The van der Waals surface area contributed by atoms with Gasteiger partial charge in [-0.25, -0.2) is 4.39 Å². The highest BCUT2D eigenvalue weighted by Crippen LogP contribution is 2.27. The number of carbonyl (C=O) groups is 1. The van der Waals surface area contributed by atoms with E-state index in [9.17, 15) is 14.3 Å². The number of phenolic OH excluding ortho intramolecular Hbond substituents is 1. The molecule has 0 saturated carbocycles. The molecule has 4 nitrogen and oxygen atoms in total. The van der Waals surface area contributed by atoms with Crippen LogP contribution in [0, 0.1) is 12.7 Å². The average molecular weight is 425 g/mol. The standard InChI is InChI=1S/C24H27FN2O2.C2H6/c1-17-4-5-18(15-22(17)25)16-27-12-2-3-23(24(27)29)26-13-10-20(11-14-26)19-6-8-21(28)9-7-19;1-2/h4-10,15,23,28H,2-3,11-14,16H2,1H3;1-2H3. The highest BCUT2D eigenvalue weighted by molar-refractivity contribution is 5.83. The number of halogens is 1. The normalized spacial score (nSPS) is 19.5. The number of rotatable bonds is 4. The first-order valence-corrected chi connectivity index (χ1v) is 11.3. The Morgan fingerprint density at radius 2 is 1.84 bits per heavy atom. The van der Waals surface area contributed by atoms with Crippen molar-refractivity contribution in [2.45, 2.75) is 52.6 Å². The third-order valence-electron chi connectivity index (χ3n) is 6.03. The fourth-order valence-electron chi connectivity index (χ4n) is 4.28. The smallest absolute Gasteiger partial charge is 0.240 e. The molecular formula is C26H33FN2O2. The van der Waals surface area contributed by atoms with Crippen LogP contribution in [0.25, 0.3) is 5.57 Å². The van der Waals surface area contributed by atoms with Crippen molar-refractivity contribution >= 4 is 11.5 Å². The minimum atomic E-state index is -0.216. The van der Waals surface area contributed by atoms with Gasteiger partial charge < -0.3 is 10.0 Å². The van der Waals surface area contributed by atoms with Gasteiger partial charge in [0.15, 0.2) is 0 Å². The van der Waals surface area contributed by atoms with E-state index in [2.05, 4.69) is 11.0 Å². The van der Waals surface area contributed by atoms with Crippen molar-refractivity contribution < 1.29 is 14.3 Å². The number of amides is 1. The highest BCUT2D eigenvalue weighted by atomic mass is 19.1. The van der Waals surface area contributed by atoms with E-state index in [1.54, 1.807) is 31.2 Å². The first kappa shape index (κ1) is 23.0. The Morgan fingerprint density at radius 3 is 2.48 bits per heavy atom. The monoisotopic (exact) mass is 424 g/mol. The van der Waals surface area contributed by atoms with E-state index in [4.69, 9.17) is 0 Å². The summed E-state index contributed by atoms with van der Waals surface area (Å²) in [7, 11) is 0. The zero-order valence-corrected chi connectivity index (χ0v) is 18.8. The summed E-state index contributed by atoms with van der Waals surface area (Å²) in [5, 5.41) is 9.47. The Kier molecular flexibility index (Phi) is 7.85. The van der Waals surface area contributed by atoms with Gasteiger partial charge in [-0.3, -0.25) is 9.69 Å². The maximum absolute atomic E-state index is 13.9. The number of hydrogen-bond donors (Lipinski definition) is 1. The van der Waals surface area contributed by atoms with Crippen molar-refractivity contribution in [2.75, 3.05) is 19.6 Å². The molecule has 1 unspecified atom stereocenters. The van der Waals surface area contributed by atoms with Gasteiger partial charge in [0.05, 0.1) is 6.04 Å². The third-order valence-corrected chi connectivity index (χ3v) is 6.03. The molecule has 0 aliphatic carbocycles. The van der Waals surface area contributed by atoms with Crippen molar-refractivity contribution in [1.82, 2.24) is 9.80 Å². The fraction of sp³-hybridized carbons (Fsp3) is 0.423. The Hall–Kier alpha value is -2.66. The van der Waals surface area contributed by atoms with Crippen LogP contribution in [0.2, 0.25) is 0 Å². The van der Waals surface area contributed by atoms with Gasteiger partial charge in [-0.05, 0) is 66.6 Å². The molecule has 1 saturated heterocycles. The SMILES string of the molecule is CC.Cc1ccc(CN2CCCC(N3CC=C(c4ccc(O)cc4)CC3)C2=O)cc1F. The molecule has 1 fully saturated rings. The van der Waals surface area contributed by atoms with Gasteiger partial charge in [-0.15, -0.1) is 0 Å². The lowest BCUT2D eigenvalue weighted by molar-refractivity contribution is -0.140. The van der Waals surface area contributed by atoms with E-state index in [0.717, 1.165) is 50.0 Å². The first-order valence-electron chi connectivity index (χ1n) is 11.3. The van der Waals surface area contributed by atoms with Crippen LogP contribution in [-0.4, -0.2) is 46.5 Å². The molecule has 166 valence electrons. The average Bonchev–Trinajstić information content (AvgIpc) is 2.80. The largest absolute Gasteiger partial charge is 0.508 e. The minimum Gasteiger partial charge on any atom is -0.508 e. The lowest BCUT2D eigenvalue weighted by Crippen LogP contribution is -2.53. The van der Waals surface area contributed by atoms with Gasteiger partial charge >= 0.3 is 0 Å². The first-order chi connectivity index (χ1) is 15.0. The number of aromatic hydroxyl groups is 1. The second-order valence-electron chi connectivity index (χ2n) is 8.02. The molecule has 2 heterocycles. The number of likely N-dealkylation sites (tertiary alicyclic amines) is 1. The fourth-order valence-corrected chi connectivity index (χ4v) is 4.28. The predicted molar refractivity (Wildman–Crippen MR) is 123 cm³/mol. The summed E-state index contributed by atoms with van der Waals surface area (Å²) in [6, 6.07) is 12.4. The molecule has 4 rings (SSSR count). The maximum atomic E-state index is 13.9. The Bertz CT molecular complexity index is 924. The van der Waals surface area contributed by atoms with Gasteiger partial charge in [0.25, 0.3) is 0 Å². The Morgan fingerprint density at radius 1 is 1.10 bits per heavy atom. The van der Waals surface area contributed by atoms with E-state index < -0.39 is 0 Å².